The first-order valence-electron chi connectivity index (χ1n) is 6.54. The number of carboxylic acids is 1. The van der Waals surface area contributed by atoms with Crippen molar-refractivity contribution < 1.29 is 18.3 Å². The molecule has 0 aliphatic carbocycles. The standard InChI is InChI=1S/C14H16INO4S/c15-14(13(17)18)9-4-5-10-16(14)21(19,20)11-8-12-6-2-1-3-7-12/h1-3,6-8,11H,4-5,9-10H2,(H,17,18). The van der Waals surface area contributed by atoms with Gasteiger partial charge in [0.05, 0.1) is 0 Å². The van der Waals surface area contributed by atoms with Gasteiger partial charge >= 0.3 is 5.97 Å². The average molecular weight is 421 g/mol. The molecule has 1 fully saturated rings. The maximum atomic E-state index is 12.4. The molecule has 1 aromatic carbocycles. The van der Waals surface area contributed by atoms with Gasteiger partial charge in [0.1, 0.15) is 0 Å². The summed E-state index contributed by atoms with van der Waals surface area (Å²) in [5.74, 6) is -1.11. The Morgan fingerprint density at radius 1 is 1.29 bits per heavy atom. The van der Waals surface area contributed by atoms with Crippen molar-refractivity contribution in [2.45, 2.75) is 22.8 Å². The zero-order chi connectivity index (χ0) is 15.5. The zero-order valence-electron chi connectivity index (χ0n) is 11.3. The molecule has 1 aliphatic rings. The van der Waals surface area contributed by atoms with E-state index in [1.54, 1.807) is 34.7 Å². The van der Waals surface area contributed by atoms with Crippen LogP contribution in [0.4, 0.5) is 0 Å². The second kappa shape index (κ2) is 6.45. The van der Waals surface area contributed by atoms with Gasteiger partial charge in [-0.25, -0.2) is 13.2 Å². The summed E-state index contributed by atoms with van der Waals surface area (Å²) >= 11 is 1.73. The number of aliphatic carboxylic acids is 1. The maximum absolute atomic E-state index is 12.4. The highest BCUT2D eigenvalue weighted by molar-refractivity contribution is 14.1. The molecule has 0 aromatic heterocycles. The first-order valence-corrected chi connectivity index (χ1v) is 9.13. The number of benzene rings is 1. The predicted molar refractivity (Wildman–Crippen MR) is 89.3 cm³/mol. The minimum Gasteiger partial charge on any atom is -0.479 e. The van der Waals surface area contributed by atoms with Gasteiger partial charge in [0.15, 0.2) is 3.55 Å². The monoisotopic (exact) mass is 421 g/mol. The van der Waals surface area contributed by atoms with Crippen LogP contribution in [0.2, 0.25) is 0 Å². The molecule has 5 nitrogen and oxygen atoms in total. The number of alkyl halides is 1. The van der Waals surface area contributed by atoms with Crippen LogP contribution in [0.5, 0.6) is 0 Å². The lowest BCUT2D eigenvalue weighted by Crippen LogP contribution is -2.54. The molecule has 1 N–H and O–H groups in total. The van der Waals surface area contributed by atoms with Crippen molar-refractivity contribution in [2.24, 2.45) is 0 Å². The van der Waals surface area contributed by atoms with E-state index in [0.717, 1.165) is 15.3 Å². The highest BCUT2D eigenvalue weighted by Crippen LogP contribution is 2.37. The molecule has 0 bridgehead atoms. The Labute approximate surface area is 137 Å². The van der Waals surface area contributed by atoms with Crippen molar-refractivity contribution in [3.05, 3.63) is 41.3 Å². The number of piperidine rings is 1. The lowest BCUT2D eigenvalue weighted by Gasteiger charge is -2.37. The lowest BCUT2D eigenvalue weighted by molar-refractivity contribution is -0.143. The highest BCUT2D eigenvalue weighted by Gasteiger charge is 2.48. The van der Waals surface area contributed by atoms with E-state index in [1.807, 2.05) is 18.2 Å². The molecule has 0 spiro atoms. The number of sulfonamides is 1. The summed E-state index contributed by atoms with van der Waals surface area (Å²) in [6, 6.07) is 9.05. The molecule has 1 aliphatic heterocycles. The fourth-order valence-electron chi connectivity index (χ4n) is 2.26. The number of carbonyl (C=O) groups is 1. The predicted octanol–water partition coefficient (Wildman–Crippen LogP) is 2.69. The molecule has 1 unspecified atom stereocenters. The topological polar surface area (TPSA) is 74.7 Å². The summed E-state index contributed by atoms with van der Waals surface area (Å²) < 4.78 is 24.6. The van der Waals surface area contributed by atoms with Gasteiger partial charge in [0.2, 0.25) is 10.0 Å². The Kier molecular flexibility index (Phi) is 5.05. The van der Waals surface area contributed by atoms with E-state index in [1.165, 1.54) is 6.08 Å². The summed E-state index contributed by atoms with van der Waals surface area (Å²) in [5.41, 5.74) is 0.757. The van der Waals surface area contributed by atoms with Gasteiger partial charge in [-0.15, -0.1) is 0 Å². The molecular formula is C14H16INO4S. The van der Waals surface area contributed by atoms with Gasteiger partial charge in [-0.1, -0.05) is 30.3 Å². The fraction of sp³-hybridized carbons (Fsp3) is 0.357. The smallest absolute Gasteiger partial charge is 0.335 e. The number of nitrogens with zero attached hydrogens (tertiary/aromatic N) is 1. The van der Waals surface area contributed by atoms with Crippen LogP contribution in [-0.4, -0.2) is 33.9 Å². The van der Waals surface area contributed by atoms with Crippen molar-refractivity contribution >= 4 is 44.7 Å². The van der Waals surface area contributed by atoms with Crippen molar-refractivity contribution in [1.82, 2.24) is 4.31 Å². The second-order valence-electron chi connectivity index (χ2n) is 4.85. The number of hydrogen-bond acceptors (Lipinski definition) is 3. The van der Waals surface area contributed by atoms with Crippen LogP contribution in [0.25, 0.3) is 6.08 Å². The summed E-state index contributed by atoms with van der Waals surface area (Å²) in [5, 5.41) is 10.5. The van der Waals surface area contributed by atoms with E-state index < -0.39 is 19.5 Å². The zero-order valence-corrected chi connectivity index (χ0v) is 14.2. The molecule has 2 rings (SSSR count). The Bertz CT molecular complexity index is 644. The van der Waals surface area contributed by atoms with E-state index in [2.05, 4.69) is 0 Å². The molecule has 0 saturated carbocycles. The van der Waals surface area contributed by atoms with Crippen LogP contribution in [-0.2, 0) is 14.8 Å². The third-order valence-corrected chi connectivity index (χ3v) is 6.88. The number of hydrogen-bond donors (Lipinski definition) is 1. The minimum atomic E-state index is -3.77. The van der Waals surface area contributed by atoms with Gasteiger partial charge in [-0.2, -0.15) is 4.31 Å². The summed E-state index contributed by atoms with van der Waals surface area (Å²) in [6.07, 6.45) is 3.20. The number of carboxylic acid groups (broad SMARTS) is 1. The Morgan fingerprint density at radius 2 is 1.95 bits per heavy atom. The average Bonchev–Trinajstić information content (AvgIpc) is 2.46. The molecule has 21 heavy (non-hydrogen) atoms. The number of rotatable bonds is 4. The third kappa shape index (κ3) is 3.64. The highest BCUT2D eigenvalue weighted by atomic mass is 127. The van der Waals surface area contributed by atoms with E-state index >= 15 is 0 Å². The van der Waals surface area contributed by atoms with Crippen molar-refractivity contribution in [2.75, 3.05) is 6.54 Å². The molecular weight excluding hydrogens is 405 g/mol. The third-order valence-electron chi connectivity index (χ3n) is 3.38. The minimum absolute atomic E-state index is 0.233. The van der Waals surface area contributed by atoms with Crippen LogP contribution < -0.4 is 0 Å². The summed E-state index contributed by atoms with van der Waals surface area (Å²) in [4.78, 5) is 11.5. The molecule has 1 heterocycles. The van der Waals surface area contributed by atoms with Gasteiger partial charge in [-0.3, -0.25) is 0 Å². The largest absolute Gasteiger partial charge is 0.479 e. The summed E-state index contributed by atoms with van der Waals surface area (Å²) in [7, 11) is -3.77. The van der Waals surface area contributed by atoms with E-state index in [-0.39, 0.29) is 6.54 Å². The van der Waals surface area contributed by atoms with E-state index in [9.17, 15) is 18.3 Å². The molecule has 0 amide bonds. The van der Waals surface area contributed by atoms with Gasteiger partial charge in [-0.05, 0) is 53.5 Å². The SMILES string of the molecule is O=C(O)C1(I)CCCCN1S(=O)(=O)C=Cc1ccccc1. The molecule has 1 aromatic rings. The van der Waals surface area contributed by atoms with Crippen LogP contribution >= 0.6 is 22.6 Å². The maximum Gasteiger partial charge on any atom is 0.335 e. The van der Waals surface area contributed by atoms with Gasteiger partial charge in [0.25, 0.3) is 0 Å². The van der Waals surface area contributed by atoms with Crippen molar-refractivity contribution in [1.29, 1.82) is 0 Å². The quantitative estimate of drug-likeness (QED) is 0.461. The van der Waals surface area contributed by atoms with Crippen LogP contribution in [0.15, 0.2) is 35.7 Å². The molecule has 7 heteroatoms. The van der Waals surface area contributed by atoms with Crippen molar-refractivity contribution in [3.63, 3.8) is 0 Å². The Balaban J connectivity index is 2.29. The fourth-order valence-corrected chi connectivity index (χ4v) is 5.14. The Hall–Kier alpha value is -0.930. The first kappa shape index (κ1) is 16.4. The van der Waals surface area contributed by atoms with Gasteiger partial charge < -0.3 is 5.11 Å². The van der Waals surface area contributed by atoms with Crippen LogP contribution in [0, 0.1) is 0 Å². The van der Waals surface area contributed by atoms with Crippen LogP contribution in [0.3, 0.4) is 0 Å². The van der Waals surface area contributed by atoms with E-state index in [0.29, 0.717) is 19.3 Å². The first-order chi connectivity index (χ1) is 9.86. The molecule has 0 radical (unpaired) electrons. The summed E-state index contributed by atoms with van der Waals surface area (Å²) in [6.45, 7) is 0.233. The van der Waals surface area contributed by atoms with Gasteiger partial charge in [0, 0.05) is 12.0 Å². The lowest BCUT2D eigenvalue weighted by atomic mass is 10.1. The number of halogens is 1. The van der Waals surface area contributed by atoms with Crippen LogP contribution in [0.1, 0.15) is 24.8 Å². The normalized spacial score (nSPS) is 24.2. The molecule has 1 atom stereocenters. The Morgan fingerprint density at radius 3 is 2.57 bits per heavy atom. The molecule has 114 valence electrons. The molecule has 1 saturated heterocycles. The van der Waals surface area contributed by atoms with Crippen molar-refractivity contribution in [3.8, 4) is 0 Å². The van der Waals surface area contributed by atoms with E-state index in [4.69, 9.17) is 0 Å². The second-order valence-corrected chi connectivity index (χ2v) is 8.38.